The number of unbranched alkanes of at least 4 members (excludes halogenated alkanes) is 4. The van der Waals surface area contributed by atoms with Crippen LogP contribution < -0.4 is 5.32 Å². The van der Waals surface area contributed by atoms with Gasteiger partial charge in [-0.2, -0.15) is 0 Å². The van der Waals surface area contributed by atoms with E-state index in [1.807, 2.05) is 6.07 Å². The predicted molar refractivity (Wildman–Crippen MR) is 100 cm³/mol. The van der Waals surface area contributed by atoms with Crippen molar-refractivity contribution >= 4 is 11.5 Å². The molecule has 0 saturated heterocycles. The lowest BCUT2D eigenvalue weighted by Gasteiger charge is -2.09. The van der Waals surface area contributed by atoms with E-state index in [0.29, 0.717) is 0 Å². The molecule has 0 spiro atoms. The number of nitrogens with zero attached hydrogens (tertiary/aromatic N) is 1. The van der Waals surface area contributed by atoms with Gasteiger partial charge in [0.1, 0.15) is 5.82 Å². The molecule has 0 fully saturated rings. The van der Waals surface area contributed by atoms with E-state index < -0.39 is 0 Å². The highest BCUT2D eigenvalue weighted by Gasteiger charge is 2.01. The highest BCUT2D eigenvalue weighted by Crippen LogP contribution is 2.18. The largest absolute Gasteiger partial charge is 0.340 e. The van der Waals surface area contributed by atoms with Crippen LogP contribution in [0.15, 0.2) is 42.5 Å². The van der Waals surface area contributed by atoms with E-state index in [1.54, 1.807) is 0 Å². The third-order valence-corrected chi connectivity index (χ3v) is 4.11. The number of aryl methyl sites for hydroxylation is 2. The maximum Gasteiger partial charge on any atom is 0.130 e. The minimum absolute atomic E-state index is 0.949. The number of aromatic nitrogens is 1. The first-order chi connectivity index (χ1) is 11.3. The van der Waals surface area contributed by atoms with Crippen molar-refractivity contribution in [3.05, 3.63) is 53.7 Å². The van der Waals surface area contributed by atoms with Gasteiger partial charge in [0.2, 0.25) is 0 Å². The molecule has 0 unspecified atom stereocenters. The van der Waals surface area contributed by atoms with Crippen LogP contribution in [0.1, 0.15) is 63.6 Å². The van der Waals surface area contributed by atoms with Gasteiger partial charge in [-0.15, -0.1) is 0 Å². The van der Waals surface area contributed by atoms with Crippen molar-refractivity contribution in [1.29, 1.82) is 0 Å². The standard InChI is InChI=1S/C21H30N2/c1-3-5-7-11-18-12-9-15-20(17-18)23-21-16-10-14-19(22-21)13-8-6-4-2/h9-10,12,14-17H,3-8,11,13H2,1-2H3,(H,22,23). The van der Waals surface area contributed by atoms with Gasteiger partial charge in [-0.25, -0.2) is 4.98 Å². The van der Waals surface area contributed by atoms with Gasteiger partial charge in [0, 0.05) is 11.4 Å². The second kappa shape index (κ2) is 10.0. The van der Waals surface area contributed by atoms with Crippen LogP contribution in [0, 0.1) is 0 Å². The molecule has 0 bridgehead atoms. The van der Waals surface area contributed by atoms with Crippen molar-refractivity contribution in [2.24, 2.45) is 0 Å². The quantitative estimate of drug-likeness (QED) is 0.521. The lowest BCUT2D eigenvalue weighted by atomic mass is 10.1. The van der Waals surface area contributed by atoms with Crippen LogP contribution in [0.4, 0.5) is 11.5 Å². The van der Waals surface area contributed by atoms with Crippen LogP contribution in [0.2, 0.25) is 0 Å². The molecule has 2 rings (SSSR count). The molecule has 124 valence electrons. The van der Waals surface area contributed by atoms with Crippen LogP contribution in [0.25, 0.3) is 0 Å². The van der Waals surface area contributed by atoms with Crippen molar-refractivity contribution in [3.8, 4) is 0 Å². The Kier molecular flexibility index (Phi) is 7.65. The number of anilines is 2. The minimum atomic E-state index is 0.949. The molecular formula is C21H30N2. The molecule has 0 aliphatic carbocycles. The fourth-order valence-corrected chi connectivity index (χ4v) is 2.78. The third kappa shape index (κ3) is 6.43. The zero-order valence-electron chi connectivity index (χ0n) is 14.6. The van der Waals surface area contributed by atoms with Crippen LogP contribution in [0.3, 0.4) is 0 Å². The molecular weight excluding hydrogens is 280 g/mol. The second-order valence-corrected chi connectivity index (χ2v) is 6.25. The lowest BCUT2D eigenvalue weighted by Crippen LogP contribution is -1.98. The Morgan fingerprint density at radius 2 is 1.57 bits per heavy atom. The molecule has 23 heavy (non-hydrogen) atoms. The number of nitrogens with one attached hydrogen (secondary N) is 1. The smallest absolute Gasteiger partial charge is 0.130 e. The summed E-state index contributed by atoms with van der Waals surface area (Å²) in [5.41, 5.74) is 3.72. The van der Waals surface area contributed by atoms with Crippen molar-refractivity contribution in [1.82, 2.24) is 4.98 Å². The average molecular weight is 310 g/mol. The average Bonchev–Trinajstić information content (AvgIpc) is 2.56. The molecule has 0 aliphatic heterocycles. The van der Waals surface area contributed by atoms with Crippen molar-refractivity contribution in [2.75, 3.05) is 5.32 Å². The lowest BCUT2D eigenvalue weighted by molar-refractivity contribution is 0.708. The number of pyridine rings is 1. The van der Waals surface area contributed by atoms with Gasteiger partial charge in [-0.05, 0) is 55.5 Å². The van der Waals surface area contributed by atoms with Crippen LogP contribution in [-0.4, -0.2) is 4.98 Å². The molecule has 2 aromatic rings. The second-order valence-electron chi connectivity index (χ2n) is 6.25. The normalized spacial score (nSPS) is 10.7. The van der Waals surface area contributed by atoms with E-state index in [0.717, 1.165) is 24.3 Å². The predicted octanol–water partition coefficient (Wildman–Crippen LogP) is 6.29. The van der Waals surface area contributed by atoms with E-state index in [1.165, 1.54) is 49.8 Å². The Balaban J connectivity index is 1.95. The summed E-state index contributed by atoms with van der Waals surface area (Å²) in [6.07, 6.45) is 9.83. The Labute approximate surface area is 141 Å². The van der Waals surface area contributed by atoms with Gasteiger partial charge in [-0.1, -0.05) is 57.7 Å². The maximum atomic E-state index is 4.73. The third-order valence-electron chi connectivity index (χ3n) is 4.11. The molecule has 1 N–H and O–H groups in total. The molecule has 0 radical (unpaired) electrons. The van der Waals surface area contributed by atoms with E-state index in [9.17, 15) is 0 Å². The first kappa shape index (κ1) is 17.5. The summed E-state index contributed by atoms with van der Waals surface area (Å²) in [4.78, 5) is 4.73. The number of benzene rings is 1. The Hall–Kier alpha value is -1.83. The Morgan fingerprint density at radius 1 is 0.826 bits per heavy atom. The molecule has 1 aromatic heterocycles. The van der Waals surface area contributed by atoms with Crippen LogP contribution >= 0.6 is 0 Å². The first-order valence-electron chi connectivity index (χ1n) is 9.13. The summed E-state index contributed by atoms with van der Waals surface area (Å²) in [5, 5.41) is 3.45. The molecule has 1 heterocycles. The van der Waals surface area contributed by atoms with E-state index >= 15 is 0 Å². The van der Waals surface area contributed by atoms with Gasteiger partial charge in [0.25, 0.3) is 0 Å². The van der Waals surface area contributed by atoms with Crippen LogP contribution in [0.5, 0.6) is 0 Å². The van der Waals surface area contributed by atoms with Gasteiger partial charge >= 0.3 is 0 Å². The monoisotopic (exact) mass is 310 g/mol. The Bertz CT molecular complexity index is 526. The Morgan fingerprint density at radius 3 is 2.35 bits per heavy atom. The minimum Gasteiger partial charge on any atom is -0.340 e. The van der Waals surface area contributed by atoms with Gasteiger partial charge in [0.05, 0.1) is 0 Å². The molecule has 2 nitrogen and oxygen atoms in total. The molecule has 2 heteroatoms. The summed E-state index contributed by atoms with van der Waals surface area (Å²) in [7, 11) is 0. The zero-order chi connectivity index (χ0) is 16.3. The van der Waals surface area contributed by atoms with E-state index in [-0.39, 0.29) is 0 Å². The van der Waals surface area contributed by atoms with Crippen LogP contribution in [-0.2, 0) is 12.8 Å². The summed E-state index contributed by atoms with van der Waals surface area (Å²) in [6, 6.07) is 15.0. The number of hydrogen-bond donors (Lipinski definition) is 1. The van der Waals surface area contributed by atoms with E-state index in [2.05, 4.69) is 55.6 Å². The SMILES string of the molecule is CCCCCc1cccc(Nc2cccc(CCCCC)n2)c1. The maximum absolute atomic E-state index is 4.73. The highest BCUT2D eigenvalue weighted by atomic mass is 15.0. The summed E-state index contributed by atoms with van der Waals surface area (Å²) < 4.78 is 0. The zero-order valence-corrected chi connectivity index (χ0v) is 14.6. The van der Waals surface area contributed by atoms with Crippen molar-refractivity contribution in [3.63, 3.8) is 0 Å². The van der Waals surface area contributed by atoms with Crippen molar-refractivity contribution < 1.29 is 0 Å². The van der Waals surface area contributed by atoms with E-state index in [4.69, 9.17) is 4.98 Å². The highest BCUT2D eigenvalue weighted by molar-refractivity contribution is 5.57. The van der Waals surface area contributed by atoms with Gasteiger partial charge in [0.15, 0.2) is 0 Å². The van der Waals surface area contributed by atoms with Crippen molar-refractivity contribution in [2.45, 2.75) is 65.2 Å². The molecule has 1 aromatic carbocycles. The number of hydrogen-bond acceptors (Lipinski definition) is 2. The number of rotatable bonds is 10. The first-order valence-corrected chi connectivity index (χ1v) is 9.13. The fourth-order valence-electron chi connectivity index (χ4n) is 2.78. The summed E-state index contributed by atoms with van der Waals surface area (Å²) in [6.45, 7) is 4.48. The summed E-state index contributed by atoms with van der Waals surface area (Å²) >= 11 is 0. The van der Waals surface area contributed by atoms with Gasteiger partial charge < -0.3 is 5.32 Å². The molecule has 0 atom stereocenters. The van der Waals surface area contributed by atoms with Gasteiger partial charge in [-0.3, -0.25) is 0 Å². The molecule has 0 aliphatic rings. The topological polar surface area (TPSA) is 24.9 Å². The molecule has 0 amide bonds. The summed E-state index contributed by atoms with van der Waals surface area (Å²) in [5.74, 6) is 0.949. The molecule has 0 saturated carbocycles. The fraction of sp³-hybridized carbons (Fsp3) is 0.476.